The highest BCUT2D eigenvalue weighted by atomic mass is 19.1. The summed E-state index contributed by atoms with van der Waals surface area (Å²) in [6.45, 7) is 5.02. The third kappa shape index (κ3) is 3.91. The molecule has 0 saturated carbocycles. The number of halogens is 1. The van der Waals surface area contributed by atoms with Gasteiger partial charge >= 0.3 is 0 Å². The van der Waals surface area contributed by atoms with Gasteiger partial charge in [-0.1, -0.05) is 6.07 Å². The van der Waals surface area contributed by atoms with E-state index in [0.717, 1.165) is 24.3 Å². The lowest BCUT2D eigenvalue weighted by Gasteiger charge is -2.22. The third-order valence-corrected chi connectivity index (χ3v) is 3.58. The van der Waals surface area contributed by atoms with Crippen molar-refractivity contribution in [2.24, 2.45) is 0 Å². The van der Waals surface area contributed by atoms with Gasteiger partial charge in [-0.2, -0.15) is 0 Å². The summed E-state index contributed by atoms with van der Waals surface area (Å²) in [4.78, 5) is 2.26. The predicted molar refractivity (Wildman–Crippen MR) is 75.9 cm³/mol. The maximum Gasteiger partial charge on any atom is 0.129 e. The fourth-order valence-corrected chi connectivity index (χ4v) is 2.50. The minimum Gasteiger partial charge on any atom is -0.393 e. The highest BCUT2D eigenvalue weighted by molar-refractivity contribution is 5.54. The Balaban J connectivity index is 2.01. The number of benzene rings is 1. The largest absolute Gasteiger partial charge is 0.393 e. The van der Waals surface area contributed by atoms with Crippen LogP contribution >= 0.6 is 0 Å². The zero-order valence-electron chi connectivity index (χ0n) is 11.5. The van der Waals surface area contributed by atoms with Crippen molar-refractivity contribution in [1.82, 2.24) is 5.32 Å². The molecule has 4 heteroatoms. The summed E-state index contributed by atoms with van der Waals surface area (Å²) in [6.07, 6.45) is 2.75. The van der Waals surface area contributed by atoms with Crippen molar-refractivity contribution >= 4 is 5.69 Å². The van der Waals surface area contributed by atoms with E-state index in [-0.39, 0.29) is 11.9 Å². The van der Waals surface area contributed by atoms with Crippen LogP contribution in [0.2, 0.25) is 0 Å². The minimum absolute atomic E-state index is 0.144. The molecule has 1 saturated heterocycles. The molecule has 1 aromatic carbocycles. The first-order valence-corrected chi connectivity index (χ1v) is 7.09. The van der Waals surface area contributed by atoms with E-state index in [1.807, 2.05) is 6.07 Å². The molecule has 106 valence electrons. The van der Waals surface area contributed by atoms with Gasteiger partial charge in [0.05, 0.1) is 6.10 Å². The van der Waals surface area contributed by atoms with Gasteiger partial charge in [0, 0.05) is 30.9 Å². The van der Waals surface area contributed by atoms with Crippen LogP contribution < -0.4 is 10.2 Å². The molecule has 2 N–H and O–H groups in total. The van der Waals surface area contributed by atoms with E-state index in [2.05, 4.69) is 10.2 Å². The monoisotopic (exact) mass is 266 g/mol. The molecule has 0 bridgehead atoms. The molecule has 2 rings (SSSR count). The second-order valence-electron chi connectivity index (χ2n) is 5.25. The lowest BCUT2D eigenvalue weighted by Crippen LogP contribution is -2.24. The van der Waals surface area contributed by atoms with Crippen molar-refractivity contribution in [3.63, 3.8) is 0 Å². The molecule has 0 amide bonds. The summed E-state index contributed by atoms with van der Waals surface area (Å²) in [5, 5.41) is 12.4. The Hall–Kier alpha value is -1.13. The number of anilines is 1. The van der Waals surface area contributed by atoms with Crippen LogP contribution in [0.1, 0.15) is 31.7 Å². The van der Waals surface area contributed by atoms with Gasteiger partial charge in [0.25, 0.3) is 0 Å². The van der Waals surface area contributed by atoms with E-state index in [1.165, 1.54) is 18.9 Å². The standard InChI is InChI=1S/C15H23FN2O/c1-12(19)7-8-17-11-13-14(16)5-4-6-15(13)18-9-2-3-10-18/h4-6,12,17,19H,2-3,7-11H2,1H3. The Bertz CT molecular complexity index is 403. The number of aliphatic hydroxyl groups is 1. The van der Waals surface area contributed by atoms with E-state index < -0.39 is 0 Å². The van der Waals surface area contributed by atoms with Crippen molar-refractivity contribution < 1.29 is 9.50 Å². The number of nitrogens with zero attached hydrogens (tertiary/aromatic N) is 1. The first-order chi connectivity index (χ1) is 9.18. The van der Waals surface area contributed by atoms with E-state index in [4.69, 9.17) is 0 Å². The highest BCUT2D eigenvalue weighted by Crippen LogP contribution is 2.26. The topological polar surface area (TPSA) is 35.5 Å². The van der Waals surface area contributed by atoms with Crippen molar-refractivity contribution in [3.05, 3.63) is 29.6 Å². The van der Waals surface area contributed by atoms with E-state index in [1.54, 1.807) is 13.0 Å². The van der Waals surface area contributed by atoms with Crippen molar-refractivity contribution in [2.75, 3.05) is 24.5 Å². The third-order valence-electron chi connectivity index (χ3n) is 3.58. The number of hydrogen-bond donors (Lipinski definition) is 2. The first-order valence-electron chi connectivity index (χ1n) is 7.09. The molecule has 0 spiro atoms. The second-order valence-corrected chi connectivity index (χ2v) is 5.25. The Morgan fingerprint density at radius 1 is 1.37 bits per heavy atom. The van der Waals surface area contributed by atoms with E-state index in [0.29, 0.717) is 19.5 Å². The van der Waals surface area contributed by atoms with Crippen LogP contribution in [-0.4, -0.2) is 30.8 Å². The van der Waals surface area contributed by atoms with Gasteiger partial charge < -0.3 is 15.3 Å². The molecule has 0 aliphatic carbocycles. The molecule has 1 unspecified atom stereocenters. The summed E-state index contributed by atoms with van der Waals surface area (Å²) < 4.78 is 14.0. The zero-order valence-corrected chi connectivity index (χ0v) is 11.5. The van der Waals surface area contributed by atoms with E-state index in [9.17, 15) is 9.50 Å². The molecule has 0 radical (unpaired) electrons. The smallest absolute Gasteiger partial charge is 0.129 e. The van der Waals surface area contributed by atoms with Gasteiger partial charge in [-0.3, -0.25) is 0 Å². The van der Waals surface area contributed by atoms with Crippen LogP contribution in [0.3, 0.4) is 0 Å². The van der Waals surface area contributed by atoms with Gasteiger partial charge in [0.2, 0.25) is 0 Å². The van der Waals surface area contributed by atoms with Crippen LogP contribution in [-0.2, 0) is 6.54 Å². The van der Waals surface area contributed by atoms with Gasteiger partial charge in [0.15, 0.2) is 0 Å². The maximum absolute atomic E-state index is 14.0. The number of aliphatic hydroxyl groups excluding tert-OH is 1. The first kappa shape index (κ1) is 14.3. The summed E-state index contributed by atoms with van der Waals surface area (Å²) in [6, 6.07) is 5.30. The van der Waals surface area contributed by atoms with E-state index >= 15 is 0 Å². The Morgan fingerprint density at radius 3 is 2.79 bits per heavy atom. The average molecular weight is 266 g/mol. The van der Waals surface area contributed by atoms with Crippen LogP contribution in [0.25, 0.3) is 0 Å². The lowest BCUT2D eigenvalue weighted by atomic mass is 10.1. The quantitative estimate of drug-likeness (QED) is 0.775. The van der Waals surface area contributed by atoms with Gasteiger partial charge in [-0.25, -0.2) is 4.39 Å². The summed E-state index contributed by atoms with van der Waals surface area (Å²) in [7, 11) is 0. The molecule has 1 heterocycles. The molecule has 3 nitrogen and oxygen atoms in total. The van der Waals surface area contributed by atoms with Gasteiger partial charge in [-0.15, -0.1) is 0 Å². The molecule has 1 aliphatic heterocycles. The maximum atomic E-state index is 14.0. The molecule has 1 atom stereocenters. The molecular weight excluding hydrogens is 243 g/mol. The Labute approximate surface area is 114 Å². The van der Waals surface area contributed by atoms with Crippen molar-refractivity contribution in [2.45, 2.75) is 38.8 Å². The predicted octanol–water partition coefficient (Wildman–Crippen LogP) is 2.29. The SMILES string of the molecule is CC(O)CCNCc1c(F)cccc1N1CCCC1. The molecule has 1 aliphatic rings. The van der Waals surface area contributed by atoms with Gasteiger partial charge in [0.1, 0.15) is 5.82 Å². The fraction of sp³-hybridized carbons (Fsp3) is 0.600. The summed E-state index contributed by atoms with van der Waals surface area (Å²) in [5.41, 5.74) is 1.76. The molecule has 0 aromatic heterocycles. The van der Waals surface area contributed by atoms with Crippen LogP contribution in [0.4, 0.5) is 10.1 Å². The highest BCUT2D eigenvalue weighted by Gasteiger charge is 2.17. The fourth-order valence-electron chi connectivity index (χ4n) is 2.50. The minimum atomic E-state index is -0.314. The molecule has 19 heavy (non-hydrogen) atoms. The average Bonchev–Trinajstić information content (AvgIpc) is 2.89. The van der Waals surface area contributed by atoms with Crippen molar-refractivity contribution in [3.8, 4) is 0 Å². The van der Waals surface area contributed by atoms with Crippen LogP contribution in [0.15, 0.2) is 18.2 Å². The van der Waals surface area contributed by atoms with Gasteiger partial charge in [-0.05, 0) is 44.9 Å². The number of hydrogen-bond acceptors (Lipinski definition) is 3. The normalized spacial score (nSPS) is 16.9. The molecular formula is C15H23FN2O. The van der Waals surface area contributed by atoms with Crippen LogP contribution in [0.5, 0.6) is 0 Å². The number of rotatable bonds is 6. The molecule has 1 fully saturated rings. The lowest BCUT2D eigenvalue weighted by molar-refractivity contribution is 0.183. The Kier molecular flexibility index (Phi) is 5.16. The second kappa shape index (κ2) is 6.87. The zero-order chi connectivity index (χ0) is 13.7. The van der Waals surface area contributed by atoms with Crippen molar-refractivity contribution in [1.29, 1.82) is 0 Å². The summed E-state index contributed by atoms with van der Waals surface area (Å²) >= 11 is 0. The number of nitrogens with one attached hydrogen (secondary N) is 1. The summed E-state index contributed by atoms with van der Waals surface area (Å²) in [5.74, 6) is -0.144. The molecule has 1 aromatic rings. The van der Waals surface area contributed by atoms with Crippen LogP contribution in [0, 0.1) is 5.82 Å². The Morgan fingerprint density at radius 2 is 2.11 bits per heavy atom.